The Hall–Kier alpha value is -1.97. The fraction of sp³-hybridized carbons (Fsp3) is 0.214. The summed E-state index contributed by atoms with van der Waals surface area (Å²) in [7, 11) is 0. The Kier molecular flexibility index (Phi) is 3.55. The lowest BCUT2D eigenvalue weighted by Gasteiger charge is -2.08. The van der Waals surface area contributed by atoms with Crippen molar-refractivity contribution < 1.29 is 8.78 Å². The van der Waals surface area contributed by atoms with Crippen molar-refractivity contribution in [1.82, 2.24) is 4.98 Å². The molecule has 0 unspecified atom stereocenters. The molecule has 2 aromatic rings. The standard InChI is InChI=1S/C14H14F2N2/c1-3-17-10-6-7-18-12(8-10)11-5-4-9(2)13(15)14(11)16/h4-8H,3H2,1-2H3,(H,17,18). The van der Waals surface area contributed by atoms with E-state index in [0.29, 0.717) is 11.3 Å². The first-order valence-corrected chi connectivity index (χ1v) is 5.78. The van der Waals surface area contributed by atoms with E-state index in [9.17, 15) is 8.78 Å². The SMILES string of the molecule is CCNc1ccnc(-c2ccc(C)c(F)c2F)c1. The third-order valence-corrected chi connectivity index (χ3v) is 2.69. The van der Waals surface area contributed by atoms with Gasteiger partial charge in [-0.2, -0.15) is 0 Å². The smallest absolute Gasteiger partial charge is 0.168 e. The normalized spacial score (nSPS) is 10.4. The molecule has 0 aliphatic carbocycles. The van der Waals surface area contributed by atoms with Crippen LogP contribution >= 0.6 is 0 Å². The summed E-state index contributed by atoms with van der Waals surface area (Å²) in [5.74, 6) is -1.67. The van der Waals surface area contributed by atoms with E-state index in [1.807, 2.05) is 6.92 Å². The maximum absolute atomic E-state index is 13.8. The van der Waals surface area contributed by atoms with Crippen LogP contribution in [0.4, 0.5) is 14.5 Å². The van der Waals surface area contributed by atoms with Gasteiger partial charge in [-0.1, -0.05) is 6.07 Å². The first-order chi connectivity index (χ1) is 8.63. The summed E-state index contributed by atoms with van der Waals surface area (Å²) in [6, 6.07) is 6.59. The average Bonchev–Trinajstić information content (AvgIpc) is 2.37. The van der Waals surface area contributed by atoms with E-state index >= 15 is 0 Å². The number of nitrogens with zero attached hydrogens (tertiary/aromatic N) is 1. The number of hydrogen-bond acceptors (Lipinski definition) is 2. The fourth-order valence-corrected chi connectivity index (χ4v) is 1.74. The van der Waals surface area contributed by atoms with Crippen LogP contribution in [0, 0.1) is 18.6 Å². The molecular formula is C14H14F2N2. The molecule has 0 saturated heterocycles. The molecule has 0 amide bonds. The zero-order chi connectivity index (χ0) is 13.1. The van der Waals surface area contributed by atoms with Crippen LogP contribution in [-0.2, 0) is 0 Å². The monoisotopic (exact) mass is 248 g/mol. The second-order valence-corrected chi connectivity index (χ2v) is 4.02. The molecule has 2 nitrogen and oxygen atoms in total. The van der Waals surface area contributed by atoms with E-state index < -0.39 is 11.6 Å². The summed E-state index contributed by atoms with van der Waals surface area (Å²) < 4.78 is 27.3. The highest BCUT2D eigenvalue weighted by Gasteiger charge is 2.13. The van der Waals surface area contributed by atoms with Crippen LogP contribution in [0.15, 0.2) is 30.5 Å². The number of pyridine rings is 1. The van der Waals surface area contributed by atoms with Gasteiger partial charge in [0.1, 0.15) is 0 Å². The van der Waals surface area contributed by atoms with Gasteiger partial charge in [-0.25, -0.2) is 8.78 Å². The van der Waals surface area contributed by atoms with Crippen molar-refractivity contribution in [3.8, 4) is 11.3 Å². The molecule has 94 valence electrons. The molecule has 4 heteroatoms. The Bertz CT molecular complexity index is 568. The molecule has 1 N–H and O–H groups in total. The lowest BCUT2D eigenvalue weighted by molar-refractivity contribution is 0.505. The summed E-state index contributed by atoms with van der Waals surface area (Å²) >= 11 is 0. The molecule has 1 aromatic carbocycles. The highest BCUT2D eigenvalue weighted by atomic mass is 19.2. The van der Waals surface area contributed by atoms with Crippen molar-refractivity contribution >= 4 is 5.69 Å². The predicted molar refractivity (Wildman–Crippen MR) is 68.5 cm³/mol. The van der Waals surface area contributed by atoms with Crippen LogP contribution in [0.2, 0.25) is 0 Å². The van der Waals surface area contributed by atoms with Crippen LogP contribution in [0.1, 0.15) is 12.5 Å². The summed E-state index contributed by atoms with van der Waals surface area (Å²) in [6.45, 7) is 4.26. The van der Waals surface area contributed by atoms with Crippen molar-refractivity contribution in [2.24, 2.45) is 0 Å². The second-order valence-electron chi connectivity index (χ2n) is 4.02. The van der Waals surface area contributed by atoms with E-state index in [2.05, 4.69) is 10.3 Å². The summed E-state index contributed by atoms with van der Waals surface area (Å²) in [4.78, 5) is 4.08. The van der Waals surface area contributed by atoms with Crippen LogP contribution in [0.5, 0.6) is 0 Å². The van der Waals surface area contributed by atoms with E-state index in [1.54, 1.807) is 30.5 Å². The van der Waals surface area contributed by atoms with E-state index in [0.717, 1.165) is 12.2 Å². The molecule has 0 saturated carbocycles. The molecule has 0 fully saturated rings. The number of nitrogens with one attached hydrogen (secondary N) is 1. The molecule has 18 heavy (non-hydrogen) atoms. The van der Waals surface area contributed by atoms with Crippen LogP contribution in [-0.4, -0.2) is 11.5 Å². The minimum atomic E-state index is -0.851. The number of halogens is 2. The van der Waals surface area contributed by atoms with E-state index in [-0.39, 0.29) is 5.56 Å². The average molecular weight is 248 g/mol. The van der Waals surface area contributed by atoms with Gasteiger partial charge >= 0.3 is 0 Å². The first kappa shape index (κ1) is 12.5. The summed E-state index contributed by atoms with van der Waals surface area (Å²) in [6.07, 6.45) is 1.57. The van der Waals surface area contributed by atoms with Crippen LogP contribution < -0.4 is 5.32 Å². The Morgan fingerprint density at radius 1 is 1.17 bits per heavy atom. The largest absolute Gasteiger partial charge is 0.385 e. The van der Waals surface area contributed by atoms with Gasteiger partial charge in [-0.15, -0.1) is 0 Å². The predicted octanol–water partition coefficient (Wildman–Crippen LogP) is 3.77. The van der Waals surface area contributed by atoms with Crippen LogP contribution in [0.25, 0.3) is 11.3 Å². The topological polar surface area (TPSA) is 24.9 Å². The van der Waals surface area contributed by atoms with Gasteiger partial charge in [0, 0.05) is 24.0 Å². The van der Waals surface area contributed by atoms with Crippen molar-refractivity contribution in [3.63, 3.8) is 0 Å². The van der Waals surface area contributed by atoms with E-state index in [1.165, 1.54) is 6.92 Å². The molecule has 0 atom stereocenters. The van der Waals surface area contributed by atoms with Crippen molar-refractivity contribution in [2.45, 2.75) is 13.8 Å². The molecule has 1 heterocycles. The van der Waals surface area contributed by atoms with Gasteiger partial charge in [0.2, 0.25) is 0 Å². The maximum atomic E-state index is 13.8. The molecule has 2 rings (SSSR count). The Morgan fingerprint density at radius 3 is 2.67 bits per heavy atom. The zero-order valence-electron chi connectivity index (χ0n) is 10.3. The lowest BCUT2D eigenvalue weighted by atomic mass is 10.1. The number of benzene rings is 1. The fourth-order valence-electron chi connectivity index (χ4n) is 1.74. The second kappa shape index (κ2) is 5.12. The molecule has 0 spiro atoms. The highest BCUT2D eigenvalue weighted by molar-refractivity contribution is 5.65. The number of hydrogen-bond donors (Lipinski definition) is 1. The lowest BCUT2D eigenvalue weighted by Crippen LogP contribution is -1.98. The molecule has 1 aromatic heterocycles. The van der Waals surface area contributed by atoms with Gasteiger partial charge in [0.25, 0.3) is 0 Å². The van der Waals surface area contributed by atoms with Gasteiger partial charge < -0.3 is 5.32 Å². The number of rotatable bonds is 3. The molecule has 0 bridgehead atoms. The minimum Gasteiger partial charge on any atom is -0.385 e. The van der Waals surface area contributed by atoms with Gasteiger partial charge in [0.15, 0.2) is 11.6 Å². The van der Waals surface area contributed by atoms with E-state index in [4.69, 9.17) is 0 Å². The summed E-state index contributed by atoms with van der Waals surface area (Å²) in [5, 5.41) is 3.11. The zero-order valence-corrected chi connectivity index (χ0v) is 10.3. The third kappa shape index (κ3) is 2.32. The van der Waals surface area contributed by atoms with Gasteiger partial charge in [0.05, 0.1) is 5.69 Å². The highest BCUT2D eigenvalue weighted by Crippen LogP contribution is 2.26. The van der Waals surface area contributed by atoms with Gasteiger partial charge in [-0.3, -0.25) is 4.98 Å². The summed E-state index contributed by atoms with van der Waals surface area (Å²) in [5.41, 5.74) is 1.73. The maximum Gasteiger partial charge on any atom is 0.168 e. The van der Waals surface area contributed by atoms with Crippen molar-refractivity contribution in [2.75, 3.05) is 11.9 Å². The molecule has 0 aliphatic heterocycles. The van der Waals surface area contributed by atoms with Gasteiger partial charge in [-0.05, 0) is 37.6 Å². The Balaban J connectivity index is 2.48. The number of anilines is 1. The Labute approximate surface area is 105 Å². The number of aryl methyl sites for hydroxylation is 1. The molecular weight excluding hydrogens is 234 g/mol. The first-order valence-electron chi connectivity index (χ1n) is 5.78. The Morgan fingerprint density at radius 2 is 1.94 bits per heavy atom. The van der Waals surface area contributed by atoms with Crippen LogP contribution in [0.3, 0.4) is 0 Å². The van der Waals surface area contributed by atoms with Crippen molar-refractivity contribution in [3.05, 3.63) is 47.7 Å². The third-order valence-electron chi connectivity index (χ3n) is 2.69. The minimum absolute atomic E-state index is 0.179. The quantitative estimate of drug-likeness (QED) is 0.894. The number of aromatic nitrogens is 1. The molecule has 0 radical (unpaired) electrons. The van der Waals surface area contributed by atoms with Crippen molar-refractivity contribution in [1.29, 1.82) is 0 Å². The molecule has 0 aliphatic rings.